The maximum atomic E-state index is 12.6. The number of benzene rings is 2. The molecule has 2 aromatic carbocycles. The molecule has 0 radical (unpaired) electrons. The number of ether oxygens (including phenoxy) is 2. The molecule has 0 atom stereocenters. The normalized spacial score (nSPS) is 15.1. The second-order valence-corrected chi connectivity index (χ2v) is 6.43. The van der Waals surface area contributed by atoms with Crippen molar-refractivity contribution in [3.05, 3.63) is 47.5 Å². The fourth-order valence-electron chi connectivity index (χ4n) is 3.16. The summed E-state index contributed by atoms with van der Waals surface area (Å²) in [5.74, 6) is -0.279. The quantitative estimate of drug-likeness (QED) is 0.646. The van der Waals surface area contributed by atoms with Crippen molar-refractivity contribution in [1.29, 1.82) is 0 Å². The number of anilines is 2. The molecule has 2 aliphatic heterocycles. The lowest BCUT2D eigenvalue weighted by Gasteiger charge is -2.14. The van der Waals surface area contributed by atoms with E-state index in [0.29, 0.717) is 34.0 Å². The molecule has 2 heterocycles. The molecule has 0 aliphatic carbocycles. The van der Waals surface area contributed by atoms with E-state index >= 15 is 0 Å². The zero-order chi connectivity index (χ0) is 19.8. The number of imide groups is 1. The molecular formula is C20H16N2O6. The Kier molecular flexibility index (Phi) is 4.31. The Labute approximate surface area is 160 Å². The fraction of sp³-hybridized carbons (Fsp3) is 0.200. The van der Waals surface area contributed by atoms with Gasteiger partial charge in [-0.3, -0.25) is 24.1 Å². The Hall–Kier alpha value is -3.68. The van der Waals surface area contributed by atoms with E-state index in [4.69, 9.17) is 9.47 Å². The Bertz CT molecular complexity index is 996. The van der Waals surface area contributed by atoms with Gasteiger partial charge in [0, 0.05) is 30.0 Å². The second kappa shape index (κ2) is 6.80. The average Bonchev–Trinajstić information content (AvgIpc) is 3.26. The van der Waals surface area contributed by atoms with E-state index in [1.54, 1.807) is 18.2 Å². The summed E-state index contributed by atoms with van der Waals surface area (Å²) in [7, 11) is 0. The molecule has 0 spiro atoms. The standard InChI is InChI=1S/C20H16N2O6/c1-11(23)14-8-16-17(28-10-27-16)9-15(14)21-20(26)12-2-4-13(5-3-12)22-18(24)6-7-19(22)25/h2-5,8-9H,6-7,10H2,1H3,(H,21,26). The number of ketones is 1. The molecule has 1 fully saturated rings. The number of rotatable bonds is 4. The molecule has 0 saturated carbocycles. The van der Waals surface area contributed by atoms with Gasteiger partial charge in [-0.15, -0.1) is 0 Å². The van der Waals surface area contributed by atoms with Crippen LogP contribution >= 0.6 is 0 Å². The minimum absolute atomic E-state index is 0.0550. The molecule has 3 amide bonds. The monoisotopic (exact) mass is 380 g/mol. The fourth-order valence-corrected chi connectivity index (χ4v) is 3.16. The van der Waals surface area contributed by atoms with Gasteiger partial charge >= 0.3 is 0 Å². The topological polar surface area (TPSA) is 102 Å². The molecule has 1 saturated heterocycles. The largest absolute Gasteiger partial charge is 0.454 e. The van der Waals surface area contributed by atoms with Crippen LogP contribution in [-0.4, -0.2) is 30.3 Å². The van der Waals surface area contributed by atoms with E-state index in [1.165, 1.54) is 25.1 Å². The van der Waals surface area contributed by atoms with Crippen LogP contribution in [0.4, 0.5) is 11.4 Å². The van der Waals surface area contributed by atoms with Crippen LogP contribution in [0, 0.1) is 0 Å². The highest BCUT2D eigenvalue weighted by molar-refractivity contribution is 6.20. The predicted molar refractivity (Wildman–Crippen MR) is 98.7 cm³/mol. The van der Waals surface area contributed by atoms with Crippen LogP contribution in [0.3, 0.4) is 0 Å². The number of fused-ring (bicyclic) bond motifs is 1. The Morgan fingerprint density at radius 3 is 2.18 bits per heavy atom. The van der Waals surface area contributed by atoms with E-state index in [-0.39, 0.29) is 37.2 Å². The van der Waals surface area contributed by atoms with Crippen molar-refractivity contribution in [2.75, 3.05) is 17.0 Å². The molecule has 8 heteroatoms. The summed E-state index contributed by atoms with van der Waals surface area (Å²) in [6.07, 6.45) is 0.387. The van der Waals surface area contributed by atoms with Gasteiger partial charge in [0.25, 0.3) is 5.91 Å². The smallest absolute Gasteiger partial charge is 0.255 e. The highest BCUT2D eigenvalue weighted by Crippen LogP contribution is 2.37. The van der Waals surface area contributed by atoms with Crippen molar-refractivity contribution in [2.45, 2.75) is 19.8 Å². The van der Waals surface area contributed by atoms with Gasteiger partial charge in [-0.05, 0) is 37.3 Å². The highest BCUT2D eigenvalue weighted by atomic mass is 16.7. The molecule has 0 unspecified atom stereocenters. The molecule has 0 aromatic heterocycles. The van der Waals surface area contributed by atoms with Gasteiger partial charge in [0.1, 0.15) is 0 Å². The zero-order valence-corrected chi connectivity index (χ0v) is 15.0. The van der Waals surface area contributed by atoms with Crippen LogP contribution in [-0.2, 0) is 9.59 Å². The summed E-state index contributed by atoms with van der Waals surface area (Å²) in [6, 6.07) is 9.21. The number of nitrogens with zero attached hydrogens (tertiary/aromatic N) is 1. The van der Waals surface area contributed by atoms with Crippen molar-refractivity contribution in [2.24, 2.45) is 0 Å². The lowest BCUT2D eigenvalue weighted by Crippen LogP contribution is -2.28. The number of hydrogen-bond acceptors (Lipinski definition) is 6. The van der Waals surface area contributed by atoms with Crippen LogP contribution in [0.15, 0.2) is 36.4 Å². The summed E-state index contributed by atoms with van der Waals surface area (Å²) in [5.41, 5.74) is 1.37. The van der Waals surface area contributed by atoms with Gasteiger partial charge in [-0.25, -0.2) is 0 Å². The van der Waals surface area contributed by atoms with Crippen molar-refractivity contribution in [1.82, 2.24) is 0 Å². The molecule has 0 bridgehead atoms. The Morgan fingerprint density at radius 2 is 1.57 bits per heavy atom. The zero-order valence-electron chi connectivity index (χ0n) is 15.0. The molecule has 142 valence electrons. The first-order valence-electron chi connectivity index (χ1n) is 8.66. The summed E-state index contributed by atoms with van der Waals surface area (Å²) < 4.78 is 10.6. The van der Waals surface area contributed by atoms with E-state index in [2.05, 4.69) is 5.32 Å². The third-order valence-electron chi connectivity index (χ3n) is 4.58. The van der Waals surface area contributed by atoms with Crippen molar-refractivity contribution in [3.8, 4) is 11.5 Å². The van der Waals surface area contributed by atoms with Gasteiger partial charge in [0.2, 0.25) is 18.6 Å². The van der Waals surface area contributed by atoms with Crippen LogP contribution < -0.4 is 19.7 Å². The number of hydrogen-bond donors (Lipinski definition) is 1. The molecule has 2 aromatic rings. The summed E-state index contributed by atoms with van der Waals surface area (Å²) >= 11 is 0. The van der Waals surface area contributed by atoms with E-state index < -0.39 is 5.91 Å². The first-order valence-corrected chi connectivity index (χ1v) is 8.66. The van der Waals surface area contributed by atoms with E-state index in [0.717, 1.165) is 4.90 Å². The van der Waals surface area contributed by atoms with Gasteiger partial charge in [0.05, 0.1) is 11.4 Å². The van der Waals surface area contributed by atoms with Crippen LogP contribution in [0.1, 0.15) is 40.5 Å². The lowest BCUT2D eigenvalue weighted by molar-refractivity contribution is -0.121. The van der Waals surface area contributed by atoms with Crippen molar-refractivity contribution < 1.29 is 28.7 Å². The Morgan fingerprint density at radius 1 is 0.964 bits per heavy atom. The van der Waals surface area contributed by atoms with Gasteiger partial charge in [-0.2, -0.15) is 0 Å². The number of carbonyl (C=O) groups excluding carboxylic acids is 4. The summed E-state index contributed by atoms with van der Waals surface area (Å²) in [4.78, 5) is 49.3. The second-order valence-electron chi connectivity index (χ2n) is 6.43. The average molecular weight is 380 g/mol. The molecule has 4 rings (SSSR count). The van der Waals surface area contributed by atoms with Gasteiger partial charge < -0.3 is 14.8 Å². The molecule has 8 nitrogen and oxygen atoms in total. The molecular weight excluding hydrogens is 364 g/mol. The molecule has 28 heavy (non-hydrogen) atoms. The number of nitrogens with one attached hydrogen (secondary N) is 1. The first kappa shape index (κ1) is 17.7. The van der Waals surface area contributed by atoms with Crippen LogP contribution in [0.2, 0.25) is 0 Å². The lowest BCUT2D eigenvalue weighted by atomic mass is 10.1. The maximum absolute atomic E-state index is 12.6. The van der Waals surface area contributed by atoms with Gasteiger partial charge in [0.15, 0.2) is 17.3 Å². The van der Waals surface area contributed by atoms with E-state index in [1.807, 2.05) is 0 Å². The van der Waals surface area contributed by atoms with Gasteiger partial charge in [-0.1, -0.05) is 0 Å². The first-order chi connectivity index (χ1) is 13.4. The van der Waals surface area contributed by atoms with Crippen LogP contribution in [0.5, 0.6) is 11.5 Å². The third kappa shape index (κ3) is 3.09. The minimum atomic E-state index is -0.438. The summed E-state index contributed by atoms with van der Waals surface area (Å²) in [6.45, 7) is 1.45. The SMILES string of the molecule is CC(=O)c1cc2c(cc1NC(=O)c1ccc(N3C(=O)CCC3=O)cc1)OCO2. The van der Waals surface area contributed by atoms with E-state index in [9.17, 15) is 19.2 Å². The number of carbonyl (C=O) groups is 4. The Balaban J connectivity index is 1.57. The number of amides is 3. The highest BCUT2D eigenvalue weighted by Gasteiger charge is 2.30. The third-order valence-corrected chi connectivity index (χ3v) is 4.58. The van der Waals surface area contributed by atoms with Crippen molar-refractivity contribution in [3.63, 3.8) is 0 Å². The maximum Gasteiger partial charge on any atom is 0.255 e. The molecule has 1 N–H and O–H groups in total. The minimum Gasteiger partial charge on any atom is -0.454 e. The summed E-state index contributed by atoms with van der Waals surface area (Å²) in [5, 5.41) is 2.70. The van der Waals surface area contributed by atoms with Crippen LogP contribution in [0.25, 0.3) is 0 Å². The predicted octanol–water partition coefficient (Wildman–Crippen LogP) is 2.52. The molecule has 2 aliphatic rings. The number of Topliss-reactive ketones (excluding diaryl/α,β-unsaturated/α-hetero) is 1. The van der Waals surface area contributed by atoms with Crippen molar-refractivity contribution >= 4 is 34.9 Å².